The third-order valence-corrected chi connectivity index (χ3v) is 2.46. The van der Waals surface area contributed by atoms with Gasteiger partial charge < -0.3 is 15.2 Å². The van der Waals surface area contributed by atoms with E-state index in [2.05, 4.69) is 31.2 Å². The van der Waals surface area contributed by atoms with Crippen LogP contribution in [-0.2, 0) is 9.47 Å². The molecule has 3 heteroatoms. The maximum atomic E-state index is 5.82. The monoisotopic (exact) mass is 223 g/mol. The number of rotatable bonds is 6. The summed E-state index contributed by atoms with van der Waals surface area (Å²) in [5, 5.41) is 0. The van der Waals surface area contributed by atoms with Crippen molar-refractivity contribution < 1.29 is 9.47 Å². The number of ether oxygens (including phenoxy) is 2. The summed E-state index contributed by atoms with van der Waals surface area (Å²) in [5.74, 6) is 0. The molecule has 2 atom stereocenters. The second kappa shape index (κ2) is 6.63. The highest BCUT2D eigenvalue weighted by molar-refractivity contribution is 5.23. The van der Waals surface area contributed by atoms with Crippen molar-refractivity contribution in [2.45, 2.75) is 26.1 Å². The number of benzene rings is 1. The molecule has 0 bridgehead atoms. The zero-order valence-corrected chi connectivity index (χ0v) is 10.3. The normalized spacial score (nSPS) is 14.8. The van der Waals surface area contributed by atoms with Crippen molar-refractivity contribution in [1.29, 1.82) is 0 Å². The Hall–Kier alpha value is -0.900. The van der Waals surface area contributed by atoms with Gasteiger partial charge in [0.1, 0.15) is 0 Å². The smallest absolute Gasteiger partial charge is 0.0951 e. The van der Waals surface area contributed by atoms with Gasteiger partial charge in [0.15, 0.2) is 0 Å². The Balaban J connectivity index is 2.63. The van der Waals surface area contributed by atoms with Gasteiger partial charge in [0.25, 0.3) is 0 Å². The zero-order chi connectivity index (χ0) is 12.0. The molecule has 0 aliphatic carbocycles. The van der Waals surface area contributed by atoms with Gasteiger partial charge in [-0.25, -0.2) is 0 Å². The Morgan fingerprint density at radius 2 is 1.88 bits per heavy atom. The van der Waals surface area contributed by atoms with E-state index in [0.717, 1.165) is 5.56 Å². The van der Waals surface area contributed by atoms with Gasteiger partial charge in [-0.3, -0.25) is 0 Å². The molecule has 90 valence electrons. The van der Waals surface area contributed by atoms with Gasteiger partial charge in [-0.2, -0.15) is 0 Å². The van der Waals surface area contributed by atoms with E-state index in [-0.39, 0.29) is 12.2 Å². The van der Waals surface area contributed by atoms with Crippen LogP contribution < -0.4 is 5.73 Å². The van der Waals surface area contributed by atoms with Crippen LogP contribution in [-0.4, -0.2) is 26.4 Å². The van der Waals surface area contributed by atoms with Gasteiger partial charge in [-0.1, -0.05) is 29.8 Å². The van der Waals surface area contributed by atoms with Crippen LogP contribution in [0.2, 0.25) is 0 Å². The Morgan fingerprint density at radius 1 is 1.25 bits per heavy atom. The molecule has 0 aliphatic rings. The first-order valence-corrected chi connectivity index (χ1v) is 5.58. The molecule has 0 heterocycles. The van der Waals surface area contributed by atoms with E-state index in [1.807, 2.05) is 6.92 Å². The van der Waals surface area contributed by atoms with Crippen LogP contribution in [0.1, 0.15) is 24.2 Å². The lowest BCUT2D eigenvalue weighted by Crippen LogP contribution is -2.23. The third kappa shape index (κ3) is 3.93. The van der Waals surface area contributed by atoms with Crippen LogP contribution in [0.4, 0.5) is 0 Å². The minimum Gasteiger partial charge on any atom is -0.382 e. The largest absolute Gasteiger partial charge is 0.382 e. The minimum absolute atomic E-state index is 0.0502. The van der Waals surface area contributed by atoms with Crippen molar-refractivity contribution in [3.8, 4) is 0 Å². The summed E-state index contributed by atoms with van der Waals surface area (Å²) in [6, 6.07) is 8.27. The lowest BCUT2D eigenvalue weighted by atomic mass is 10.1. The summed E-state index contributed by atoms with van der Waals surface area (Å²) in [7, 11) is 1.67. The van der Waals surface area contributed by atoms with Gasteiger partial charge in [0, 0.05) is 13.7 Å². The van der Waals surface area contributed by atoms with Crippen molar-refractivity contribution in [3.05, 3.63) is 35.4 Å². The number of nitrogens with two attached hydrogens (primary N) is 1. The van der Waals surface area contributed by atoms with Gasteiger partial charge in [0.2, 0.25) is 0 Å². The predicted octanol–water partition coefficient (Wildman–Crippen LogP) is 2.05. The summed E-state index contributed by atoms with van der Waals surface area (Å²) in [6.07, 6.45) is 0.00519. The Kier molecular flexibility index (Phi) is 5.46. The fourth-order valence-electron chi connectivity index (χ4n) is 1.61. The average Bonchev–Trinajstić information content (AvgIpc) is 2.27. The molecule has 0 aliphatic heterocycles. The summed E-state index contributed by atoms with van der Waals surface area (Å²) >= 11 is 0. The Morgan fingerprint density at radius 3 is 2.38 bits per heavy atom. The molecule has 0 aromatic heterocycles. The van der Waals surface area contributed by atoms with Gasteiger partial charge >= 0.3 is 0 Å². The molecule has 1 aromatic carbocycles. The van der Waals surface area contributed by atoms with Crippen molar-refractivity contribution in [2.24, 2.45) is 5.73 Å². The predicted molar refractivity (Wildman–Crippen MR) is 65.4 cm³/mol. The van der Waals surface area contributed by atoms with Crippen LogP contribution in [0.15, 0.2) is 24.3 Å². The van der Waals surface area contributed by atoms with Crippen LogP contribution in [0, 0.1) is 6.92 Å². The summed E-state index contributed by atoms with van der Waals surface area (Å²) in [5.41, 5.74) is 8.08. The minimum atomic E-state index is -0.0502. The molecular formula is C13H21NO2. The van der Waals surface area contributed by atoms with Crippen molar-refractivity contribution in [2.75, 3.05) is 20.3 Å². The lowest BCUT2D eigenvalue weighted by Gasteiger charge is -2.21. The molecule has 16 heavy (non-hydrogen) atoms. The standard InChI is InChI=1S/C13H21NO2/c1-10-4-6-12(7-5-10)13(8-14)16-11(2)9-15-3/h4-7,11,13H,8-9,14H2,1-3H3. The first kappa shape index (κ1) is 13.2. The molecular weight excluding hydrogens is 202 g/mol. The number of aryl methyl sites for hydroxylation is 1. The maximum absolute atomic E-state index is 5.82. The van der Waals surface area contributed by atoms with Gasteiger partial charge in [-0.05, 0) is 19.4 Å². The molecule has 0 saturated heterocycles. The molecule has 1 rings (SSSR count). The van der Waals surface area contributed by atoms with E-state index < -0.39 is 0 Å². The van der Waals surface area contributed by atoms with Crippen LogP contribution in [0.5, 0.6) is 0 Å². The second-order valence-electron chi connectivity index (χ2n) is 4.04. The number of methoxy groups -OCH3 is 1. The molecule has 2 unspecified atom stereocenters. The van der Waals surface area contributed by atoms with Crippen molar-refractivity contribution >= 4 is 0 Å². The van der Waals surface area contributed by atoms with Crippen LogP contribution in [0.25, 0.3) is 0 Å². The topological polar surface area (TPSA) is 44.5 Å². The van der Waals surface area contributed by atoms with Crippen molar-refractivity contribution in [1.82, 2.24) is 0 Å². The highest BCUT2D eigenvalue weighted by Crippen LogP contribution is 2.18. The first-order chi connectivity index (χ1) is 7.67. The molecule has 0 radical (unpaired) electrons. The second-order valence-corrected chi connectivity index (χ2v) is 4.04. The van der Waals surface area contributed by atoms with Crippen LogP contribution in [0.3, 0.4) is 0 Å². The first-order valence-electron chi connectivity index (χ1n) is 5.58. The van der Waals surface area contributed by atoms with E-state index in [4.69, 9.17) is 15.2 Å². The highest BCUT2D eigenvalue weighted by Gasteiger charge is 2.13. The maximum Gasteiger partial charge on any atom is 0.0951 e. The molecule has 0 fully saturated rings. The molecule has 1 aromatic rings. The van der Waals surface area contributed by atoms with E-state index in [0.29, 0.717) is 13.2 Å². The van der Waals surface area contributed by atoms with E-state index >= 15 is 0 Å². The summed E-state index contributed by atoms with van der Waals surface area (Å²) in [4.78, 5) is 0. The van der Waals surface area contributed by atoms with Crippen LogP contribution >= 0.6 is 0 Å². The van der Waals surface area contributed by atoms with E-state index in [9.17, 15) is 0 Å². The molecule has 2 N–H and O–H groups in total. The molecule has 3 nitrogen and oxygen atoms in total. The fourth-order valence-corrected chi connectivity index (χ4v) is 1.61. The van der Waals surface area contributed by atoms with E-state index in [1.165, 1.54) is 5.56 Å². The Labute approximate surface area is 97.6 Å². The van der Waals surface area contributed by atoms with Gasteiger partial charge in [0.05, 0.1) is 18.8 Å². The van der Waals surface area contributed by atoms with Gasteiger partial charge in [-0.15, -0.1) is 0 Å². The SMILES string of the molecule is COCC(C)OC(CN)c1ccc(C)cc1. The van der Waals surface area contributed by atoms with Crippen molar-refractivity contribution in [3.63, 3.8) is 0 Å². The third-order valence-electron chi connectivity index (χ3n) is 2.46. The fraction of sp³-hybridized carbons (Fsp3) is 0.538. The summed E-state index contributed by atoms with van der Waals surface area (Å²) < 4.78 is 10.9. The summed E-state index contributed by atoms with van der Waals surface area (Å²) in [6.45, 7) is 5.12. The number of hydrogen-bond acceptors (Lipinski definition) is 3. The Bertz CT molecular complexity index is 297. The molecule has 0 spiro atoms. The van der Waals surface area contributed by atoms with E-state index in [1.54, 1.807) is 7.11 Å². The number of hydrogen-bond donors (Lipinski definition) is 1. The lowest BCUT2D eigenvalue weighted by molar-refractivity contribution is -0.0362. The highest BCUT2D eigenvalue weighted by atomic mass is 16.5. The quantitative estimate of drug-likeness (QED) is 0.802. The average molecular weight is 223 g/mol. The molecule has 0 amide bonds. The molecule has 0 saturated carbocycles. The zero-order valence-electron chi connectivity index (χ0n) is 10.3.